The molecule has 6 heteroatoms. The van der Waals surface area contributed by atoms with Crippen LogP contribution in [0.5, 0.6) is 5.75 Å². The predicted octanol–water partition coefficient (Wildman–Crippen LogP) is 4.39. The molecule has 0 saturated heterocycles. The number of fused-ring (bicyclic) bond motifs is 1. The second-order valence-corrected chi connectivity index (χ2v) is 9.04. The van der Waals surface area contributed by atoms with Gasteiger partial charge >= 0.3 is 5.69 Å². The van der Waals surface area contributed by atoms with Crippen molar-refractivity contribution in [3.05, 3.63) is 81.1 Å². The van der Waals surface area contributed by atoms with E-state index in [1.54, 1.807) is 7.05 Å². The van der Waals surface area contributed by atoms with Gasteiger partial charge in [-0.1, -0.05) is 57.2 Å². The van der Waals surface area contributed by atoms with Crippen molar-refractivity contribution in [1.82, 2.24) is 13.7 Å². The summed E-state index contributed by atoms with van der Waals surface area (Å²) in [4.78, 5) is 25.9. The van der Waals surface area contributed by atoms with Gasteiger partial charge in [0.15, 0.2) is 0 Å². The maximum Gasteiger partial charge on any atom is 0.330 e. The third-order valence-corrected chi connectivity index (χ3v) is 5.89. The fourth-order valence-electron chi connectivity index (χ4n) is 4.08. The largest absolute Gasteiger partial charge is 0.492 e. The molecule has 2 heterocycles. The normalized spacial score (nSPS) is 11.8. The maximum absolute atomic E-state index is 13.3. The Morgan fingerprint density at radius 3 is 2.19 bits per heavy atom. The highest BCUT2D eigenvalue weighted by Crippen LogP contribution is 2.35. The van der Waals surface area contributed by atoms with Gasteiger partial charge in [-0.05, 0) is 35.6 Å². The highest BCUT2D eigenvalue weighted by atomic mass is 16.5. The smallest absolute Gasteiger partial charge is 0.330 e. The molecule has 0 N–H and O–H groups in total. The summed E-state index contributed by atoms with van der Waals surface area (Å²) in [6.07, 6.45) is 1.85. The highest BCUT2D eigenvalue weighted by Gasteiger charge is 2.22. The SMILES string of the molecule is CCOc1ccccc1-n1cc2c(c1-c1ccc(C(C)(C)C)cc1)c(=O)n(C)c(=O)n2C. The van der Waals surface area contributed by atoms with Crippen LogP contribution in [0, 0.1) is 0 Å². The molecule has 0 fully saturated rings. The van der Waals surface area contributed by atoms with Crippen molar-refractivity contribution in [2.75, 3.05) is 6.61 Å². The standard InChI is InChI=1S/C26H29N3O3/c1-7-32-21-11-9-8-10-19(21)29-16-20-22(24(30)28(6)25(31)27(20)5)23(29)17-12-14-18(15-13-17)26(2,3)4/h8-16H,7H2,1-6H3. The third kappa shape index (κ3) is 3.45. The Morgan fingerprint density at radius 1 is 0.906 bits per heavy atom. The Labute approximate surface area is 187 Å². The average molecular weight is 432 g/mol. The lowest BCUT2D eigenvalue weighted by Crippen LogP contribution is -2.36. The molecule has 0 atom stereocenters. The lowest BCUT2D eigenvalue weighted by molar-refractivity contribution is 0.339. The molecule has 2 aromatic carbocycles. The third-order valence-electron chi connectivity index (χ3n) is 5.89. The van der Waals surface area contributed by atoms with Gasteiger partial charge in [-0.25, -0.2) is 4.79 Å². The molecule has 0 amide bonds. The molecule has 0 radical (unpaired) electrons. The van der Waals surface area contributed by atoms with Gasteiger partial charge in [0.1, 0.15) is 5.75 Å². The number of benzene rings is 2. The quantitative estimate of drug-likeness (QED) is 0.482. The van der Waals surface area contributed by atoms with Crippen molar-refractivity contribution >= 4 is 10.9 Å². The predicted molar refractivity (Wildman–Crippen MR) is 129 cm³/mol. The number of nitrogens with zero attached hydrogens (tertiary/aromatic N) is 3. The number of aromatic nitrogens is 3. The zero-order valence-electron chi connectivity index (χ0n) is 19.5. The fraction of sp³-hybridized carbons (Fsp3) is 0.308. The van der Waals surface area contributed by atoms with Crippen LogP contribution in [0.2, 0.25) is 0 Å². The zero-order valence-corrected chi connectivity index (χ0v) is 19.5. The van der Waals surface area contributed by atoms with E-state index < -0.39 is 0 Å². The lowest BCUT2D eigenvalue weighted by atomic mass is 9.86. The van der Waals surface area contributed by atoms with E-state index >= 15 is 0 Å². The van der Waals surface area contributed by atoms with Crippen molar-refractivity contribution in [1.29, 1.82) is 0 Å². The highest BCUT2D eigenvalue weighted by molar-refractivity contribution is 5.95. The summed E-state index contributed by atoms with van der Waals surface area (Å²) in [5.74, 6) is 0.713. The van der Waals surface area contributed by atoms with Crippen LogP contribution in [0.15, 0.2) is 64.3 Å². The van der Waals surface area contributed by atoms with E-state index in [1.165, 1.54) is 17.2 Å². The molecule has 0 unspecified atom stereocenters. The Morgan fingerprint density at radius 2 is 1.56 bits per heavy atom. The van der Waals surface area contributed by atoms with Gasteiger partial charge in [-0.15, -0.1) is 0 Å². The minimum atomic E-state index is -0.354. The first-order valence-electron chi connectivity index (χ1n) is 10.8. The van der Waals surface area contributed by atoms with Crippen molar-refractivity contribution in [3.63, 3.8) is 0 Å². The Balaban J connectivity index is 2.12. The van der Waals surface area contributed by atoms with Crippen LogP contribution in [0.1, 0.15) is 33.3 Å². The maximum atomic E-state index is 13.3. The van der Waals surface area contributed by atoms with Crippen LogP contribution >= 0.6 is 0 Å². The fourth-order valence-corrected chi connectivity index (χ4v) is 4.08. The molecule has 4 aromatic rings. The number of para-hydroxylation sites is 2. The molecule has 0 aliphatic rings. The van der Waals surface area contributed by atoms with Crippen LogP contribution in [-0.2, 0) is 19.5 Å². The second-order valence-electron chi connectivity index (χ2n) is 9.04. The summed E-state index contributed by atoms with van der Waals surface area (Å²) in [6, 6.07) is 16.0. The number of ether oxygens (including phenoxy) is 1. The number of rotatable bonds is 4. The van der Waals surface area contributed by atoms with Crippen LogP contribution in [0.4, 0.5) is 0 Å². The van der Waals surface area contributed by atoms with E-state index in [-0.39, 0.29) is 16.7 Å². The molecule has 0 bridgehead atoms. The molecule has 0 aliphatic carbocycles. The summed E-state index contributed by atoms with van der Waals surface area (Å²) in [6.45, 7) is 8.97. The molecule has 2 aromatic heterocycles. The van der Waals surface area contributed by atoms with Gasteiger partial charge in [0, 0.05) is 20.3 Å². The molecule has 0 aliphatic heterocycles. The van der Waals surface area contributed by atoms with Crippen molar-refractivity contribution < 1.29 is 4.74 Å². The summed E-state index contributed by atoms with van der Waals surface area (Å²) in [5.41, 5.74) is 3.59. The number of hydrogen-bond donors (Lipinski definition) is 0. The van der Waals surface area contributed by atoms with E-state index in [1.807, 2.05) is 54.1 Å². The minimum absolute atomic E-state index is 0.0180. The minimum Gasteiger partial charge on any atom is -0.492 e. The van der Waals surface area contributed by atoms with Crippen molar-refractivity contribution in [2.24, 2.45) is 14.1 Å². The first kappa shape index (κ1) is 21.7. The van der Waals surface area contributed by atoms with Crippen LogP contribution < -0.4 is 16.0 Å². The molecule has 0 spiro atoms. The van der Waals surface area contributed by atoms with E-state index in [9.17, 15) is 9.59 Å². The Bertz CT molecular complexity index is 1410. The summed E-state index contributed by atoms with van der Waals surface area (Å²) in [5, 5.41) is 0.504. The van der Waals surface area contributed by atoms with Crippen molar-refractivity contribution in [3.8, 4) is 22.7 Å². The Hall–Kier alpha value is -3.54. The van der Waals surface area contributed by atoms with E-state index in [4.69, 9.17) is 4.74 Å². The van der Waals surface area contributed by atoms with E-state index in [2.05, 4.69) is 32.9 Å². The summed E-state index contributed by atoms with van der Waals surface area (Å²) >= 11 is 0. The first-order valence-corrected chi connectivity index (χ1v) is 10.8. The van der Waals surface area contributed by atoms with Crippen LogP contribution in [0.25, 0.3) is 27.8 Å². The van der Waals surface area contributed by atoms with E-state index in [0.29, 0.717) is 23.3 Å². The van der Waals surface area contributed by atoms with Gasteiger partial charge < -0.3 is 9.30 Å². The van der Waals surface area contributed by atoms with Gasteiger partial charge in [0.2, 0.25) is 0 Å². The zero-order chi connectivity index (χ0) is 23.2. The molecule has 0 saturated carbocycles. The Kier molecular flexibility index (Phi) is 5.33. The molecule has 6 nitrogen and oxygen atoms in total. The van der Waals surface area contributed by atoms with Gasteiger partial charge in [-0.3, -0.25) is 13.9 Å². The molecular weight excluding hydrogens is 402 g/mol. The monoisotopic (exact) mass is 431 g/mol. The molecular formula is C26H29N3O3. The molecule has 166 valence electrons. The van der Waals surface area contributed by atoms with Crippen LogP contribution in [0.3, 0.4) is 0 Å². The molecule has 32 heavy (non-hydrogen) atoms. The second kappa shape index (κ2) is 7.86. The van der Waals surface area contributed by atoms with Crippen molar-refractivity contribution in [2.45, 2.75) is 33.1 Å². The summed E-state index contributed by atoms with van der Waals surface area (Å²) in [7, 11) is 3.21. The summed E-state index contributed by atoms with van der Waals surface area (Å²) < 4.78 is 10.5. The number of aryl methyl sites for hydroxylation is 1. The lowest BCUT2D eigenvalue weighted by Gasteiger charge is -2.20. The van der Waals surface area contributed by atoms with Gasteiger partial charge in [-0.2, -0.15) is 0 Å². The topological polar surface area (TPSA) is 58.2 Å². The van der Waals surface area contributed by atoms with Crippen LogP contribution in [-0.4, -0.2) is 20.3 Å². The molecule has 4 rings (SSSR count). The number of hydrogen-bond acceptors (Lipinski definition) is 3. The van der Waals surface area contributed by atoms with Gasteiger partial charge in [0.25, 0.3) is 5.56 Å². The van der Waals surface area contributed by atoms with E-state index in [0.717, 1.165) is 21.5 Å². The average Bonchev–Trinajstić information content (AvgIpc) is 3.17. The van der Waals surface area contributed by atoms with Gasteiger partial charge in [0.05, 0.1) is 28.9 Å². The first-order chi connectivity index (χ1) is 15.1.